The molecule has 2 aromatic heterocycles. The van der Waals surface area contributed by atoms with Crippen LogP contribution in [-0.2, 0) is 4.74 Å². The quantitative estimate of drug-likeness (QED) is 0.861. The zero-order valence-corrected chi connectivity index (χ0v) is 11.8. The molecule has 110 valence electrons. The van der Waals surface area contributed by atoms with Crippen molar-refractivity contribution in [1.82, 2.24) is 9.55 Å². The van der Waals surface area contributed by atoms with Crippen LogP contribution in [0.1, 0.15) is 31.3 Å². The molecule has 7 nitrogen and oxygen atoms in total. The summed E-state index contributed by atoms with van der Waals surface area (Å²) in [5.74, 6) is -1.41. The van der Waals surface area contributed by atoms with E-state index in [0.29, 0.717) is 4.57 Å². The molecule has 0 fully saturated rings. The number of rotatable bonds is 1. The second kappa shape index (κ2) is 5.01. The van der Waals surface area contributed by atoms with Crippen molar-refractivity contribution in [1.29, 1.82) is 0 Å². The van der Waals surface area contributed by atoms with Crippen molar-refractivity contribution in [3.05, 3.63) is 40.4 Å². The van der Waals surface area contributed by atoms with Crippen LogP contribution in [0, 0.1) is 0 Å². The second-order valence-corrected chi connectivity index (χ2v) is 5.39. The number of carbonyl (C=O) groups excluding carboxylic acids is 1. The summed E-state index contributed by atoms with van der Waals surface area (Å²) < 4.78 is 5.60. The lowest BCUT2D eigenvalue weighted by atomic mass is 10.2. The second-order valence-electron chi connectivity index (χ2n) is 5.39. The Labute approximate surface area is 119 Å². The van der Waals surface area contributed by atoms with Crippen LogP contribution in [0.3, 0.4) is 0 Å². The Morgan fingerprint density at radius 3 is 2.57 bits per heavy atom. The van der Waals surface area contributed by atoms with E-state index in [1.807, 2.05) is 0 Å². The molecule has 0 spiro atoms. The van der Waals surface area contributed by atoms with Gasteiger partial charge in [0.05, 0.1) is 10.9 Å². The van der Waals surface area contributed by atoms with E-state index in [4.69, 9.17) is 4.74 Å². The average molecular weight is 290 g/mol. The summed E-state index contributed by atoms with van der Waals surface area (Å²) in [5.41, 5.74) is -1.90. The first-order valence-electron chi connectivity index (χ1n) is 6.18. The van der Waals surface area contributed by atoms with Crippen LogP contribution < -0.4 is 5.56 Å². The third-order valence-electron chi connectivity index (χ3n) is 2.58. The number of hydrogen-bond donors (Lipinski definition) is 1. The summed E-state index contributed by atoms with van der Waals surface area (Å²) in [7, 11) is 0. The lowest BCUT2D eigenvalue weighted by Crippen LogP contribution is -2.36. The number of nitrogens with zero attached hydrogens (tertiary/aromatic N) is 2. The van der Waals surface area contributed by atoms with Crippen LogP contribution in [0.5, 0.6) is 0 Å². The molecule has 0 bridgehead atoms. The number of fused-ring (bicyclic) bond motifs is 1. The van der Waals surface area contributed by atoms with Gasteiger partial charge in [0.25, 0.3) is 5.56 Å². The van der Waals surface area contributed by atoms with E-state index in [-0.39, 0.29) is 10.9 Å². The minimum absolute atomic E-state index is 0.147. The third-order valence-corrected chi connectivity index (χ3v) is 2.58. The Balaban J connectivity index is 2.74. The zero-order chi connectivity index (χ0) is 15.8. The Bertz CT molecular complexity index is 786. The minimum Gasteiger partial charge on any atom is -0.477 e. The molecule has 0 amide bonds. The summed E-state index contributed by atoms with van der Waals surface area (Å²) >= 11 is 0. The molecule has 0 aliphatic heterocycles. The van der Waals surface area contributed by atoms with Gasteiger partial charge in [0.1, 0.15) is 11.3 Å². The SMILES string of the molecule is CC(C)(C)OC(=O)n1c(C(=O)O)cc2ncccc2c1=O. The Morgan fingerprint density at radius 1 is 1.33 bits per heavy atom. The van der Waals surface area contributed by atoms with Gasteiger partial charge in [0.15, 0.2) is 0 Å². The molecule has 1 N–H and O–H groups in total. The fourth-order valence-electron chi connectivity index (χ4n) is 1.78. The van der Waals surface area contributed by atoms with Crippen LogP contribution in [-0.4, -0.2) is 32.3 Å². The summed E-state index contributed by atoms with van der Waals surface area (Å²) in [5, 5.41) is 9.35. The van der Waals surface area contributed by atoms with E-state index < -0.39 is 28.9 Å². The van der Waals surface area contributed by atoms with Crippen LogP contribution in [0.25, 0.3) is 10.9 Å². The van der Waals surface area contributed by atoms with Crippen molar-refractivity contribution >= 4 is 23.0 Å². The highest BCUT2D eigenvalue weighted by Gasteiger charge is 2.25. The van der Waals surface area contributed by atoms with E-state index in [1.54, 1.807) is 20.8 Å². The number of aromatic carboxylic acids is 1. The van der Waals surface area contributed by atoms with Gasteiger partial charge in [-0.25, -0.2) is 14.2 Å². The van der Waals surface area contributed by atoms with Crippen molar-refractivity contribution in [3.63, 3.8) is 0 Å². The molecular weight excluding hydrogens is 276 g/mol. The van der Waals surface area contributed by atoms with Crippen molar-refractivity contribution < 1.29 is 19.4 Å². The standard InChI is InChI=1S/C14H14N2O5/c1-14(2,3)21-13(20)16-10(12(18)19)7-9-8(11(16)17)5-4-6-15-9/h4-7H,1-3H3,(H,18,19). The maximum Gasteiger partial charge on any atom is 0.422 e. The number of pyridine rings is 2. The number of ether oxygens (including phenoxy) is 1. The number of hydrogen-bond acceptors (Lipinski definition) is 5. The summed E-state index contributed by atoms with van der Waals surface area (Å²) in [6, 6.07) is 4.17. The summed E-state index contributed by atoms with van der Waals surface area (Å²) in [6.45, 7) is 4.87. The molecule has 2 heterocycles. The fraction of sp³-hybridized carbons (Fsp3) is 0.286. The van der Waals surface area contributed by atoms with Gasteiger partial charge in [-0.3, -0.25) is 9.78 Å². The average Bonchev–Trinajstić information content (AvgIpc) is 2.36. The molecule has 0 aliphatic carbocycles. The largest absolute Gasteiger partial charge is 0.477 e. The fourth-order valence-corrected chi connectivity index (χ4v) is 1.78. The predicted molar refractivity (Wildman–Crippen MR) is 74.6 cm³/mol. The maximum absolute atomic E-state index is 12.3. The molecular formula is C14H14N2O5. The minimum atomic E-state index is -1.41. The number of carbonyl (C=O) groups is 2. The van der Waals surface area contributed by atoms with E-state index in [2.05, 4.69) is 4.98 Å². The van der Waals surface area contributed by atoms with Crippen molar-refractivity contribution in [3.8, 4) is 0 Å². The lowest BCUT2D eigenvalue weighted by Gasteiger charge is -2.20. The molecule has 0 unspecified atom stereocenters. The lowest BCUT2D eigenvalue weighted by molar-refractivity contribution is 0.0498. The van der Waals surface area contributed by atoms with Gasteiger partial charge in [-0.05, 0) is 39.0 Å². The van der Waals surface area contributed by atoms with Gasteiger partial charge in [-0.2, -0.15) is 0 Å². The molecule has 7 heteroatoms. The molecule has 0 aromatic carbocycles. The highest BCUT2D eigenvalue weighted by atomic mass is 16.6. The van der Waals surface area contributed by atoms with Gasteiger partial charge in [0.2, 0.25) is 0 Å². The summed E-state index contributed by atoms with van der Waals surface area (Å²) in [4.78, 5) is 39.7. The van der Waals surface area contributed by atoms with Gasteiger partial charge >= 0.3 is 12.1 Å². The van der Waals surface area contributed by atoms with Gasteiger partial charge in [0, 0.05) is 6.20 Å². The van der Waals surface area contributed by atoms with E-state index in [1.165, 1.54) is 24.4 Å². The van der Waals surface area contributed by atoms with Crippen molar-refractivity contribution in [2.45, 2.75) is 26.4 Å². The molecule has 2 rings (SSSR count). The number of aromatic nitrogens is 2. The molecule has 0 radical (unpaired) electrons. The predicted octanol–water partition coefficient (Wildman–Crippen LogP) is 1.88. The van der Waals surface area contributed by atoms with Crippen molar-refractivity contribution in [2.75, 3.05) is 0 Å². The highest BCUT2D eigenvalue weighted by molar-refractivity contribution is 5.95. The van der Waals surface area contributed by atoms with Gasteiger partial charge in [-0.15, -0.1) is 0 Å². The van der Waals surface area contributed by atoms with Crippen molar-refractivity contribution in [2.24, 2.45) is 0 Å². The normalized spacial score (nSPS) is 11.4. The van der Waals surface area contributed by atoms with Crippen LogP contribution in [0.2, 0.25) is 0 Å². The van der Waals surface area contributed by atoms with Gasteiger partial charge in [-0.1, -0.05) is 0 Å². The molecule has 2 aromatic rings. The first-order chi connectivity index (χ1) is 9.70. The molecule has 0 saturated carbocycles. The monoisotopic (exact) mass is 290 g/mol. The first kappa shape index (κ1) is 14.7. The van der Waals surface area contributed by atoms with E-state index in [0.717, 1.165) is 0 Å². The zero-order valence-electron chi connectivity index (χ0n) is 11.8. The smallest absolute Gasteiger partial charge is 0.422 e. The first-order valence-corrected chi connectivity index (χ1v) is 6.18. The maximum atomic E-state index is 12.3. The van der Waals surface area contributed by atoms with E-state index in [9.17, 15) is 19.5 Å². The topological polar surface area (TPSA) is 98.5 Å². The van der Waals surface area contributed by atoms with Gasteiger partial charge < -0.3 is 9.84 Å². The Morgan fingerprint density at radius 2 is 2.00 bits per heavy atom. The van der Waals surface area contributed by atoms with E-state index >= 15 is 0 Å². The summed E-state index contributed by atoms with van der Waals surface area (Å²) in [6.07, 6.45) is 0.404. The molecule has 0 saturated heterocycles. The highest BCUT2D eigenvalue weighted by Crippen LogP contribution is 2.13. The van der Waals surface area contributed by atoms with Crippen LogP contribution >= 0.6 is 0 Å². The molecule has 21 heavy (non-hydrogen) atoms. The Hall–Kier alpha value is -2.70. The number of carboxylic acids is 1. The Kier molecular flexibility index (Phi) is 3.51. The van der Waals surface area contributed by atoms with Crippen LogP contribution in [0.4, 0.5) is 4.79 Å². The molecule has 0 atom stereocenters. The molecule has 0 aliphatic rings. The number of carboxylic acid groups (broad SMARTS) is 1. The van der Waals surface area contributed by atoms with Crippen LogP contribution in [0.15, 0.2) is 29.2 Å². The third kappa shape index (κ3) is 2.91.